The Morgan fingerprint density at radius 3 is 0.681 bits per heavy atom. The summed E-state index contributed by atoms with van der Waals surface area (Å²) in [5.74, 6) is 0.859. The third-order valence-corrected chi connectivity index (χ3v) is 18.5. The first-order valence-corrected chi connectivity index (χ1v) is 40.2. The number of ether oxygens (including phenoxy) is 4. The van der Waals surface area contributed by atoms with Crippen LogP contribution in [-0.2, 0) is 65.4 Å². The van der Waals surface area contributed by atoms with Crippen LogP contribution in [0.15, 0.2) is 0 Å². The van der Waals surface area contributed by atoms with E-state index in [1.165, 1.54) is 154 Å². The Kier molecular flexibility index (Phi) is 60.3. The van der Waals surface area contributed by atoms with Gasteiger partial charge in [0.15, 0.2) is 12.2 Å². The Morgan fingerprint density at radius 2 is 0.462 bits per heavy atom. The van der Waals surface area contributed by atoms with Crippen molar-refractivity contribution in [3.05, 3.63) is 0 Å². The number of phosphoric ester groups is 2. The number of rotatable bonds is 69. The molecule has 0 rings (SSSR count). The lowest BCUT2D eigenvalue weighted by Gasteiger charge is -2.21. The maximum atomic E-state index is 13.0. The molecule has 0 saturated carbocycles. The zero-order chi connectivity index (χ0) is 67.5. The van der Waals surface area contributed by atoms with Crippen LogP contribution >= 0.6 is 15.6 Å². The number of aliphatic hydroxyl groups excluding tert-OH is 1. The van der Waals surface area contributed by atoms with E-state index in [0.717, 1.165) is 114 Å². The molecular formula is C72H140O17P2. The molecule has 0 radical (unpaired) electrons. The van der Waals surface area contributed by atoms with Gasteiger partial charge in [0.25, 0.3) is 0 Å². The highest BCUT2D eigenvalue weighted by atomic mass is 31.2. The molecule has 0 fully saturated rings. The molecule has 0 amide bonds. The number of esters is 4. The lowest BCUT2D eigenvalue weighted by molar-refractivity contribution is -0.161. The molecule has 0 aliphatic carbocycles. The van der Waals surface area contributed by atoms with E-state index >= 15 is 0 Å². The monoisotopic (exact) mass is 1340 g/mol. The average molecular weight is 1340 g/mol. The second-order valence-corrected chi connectivity index (χ2v) is 30.8. The van der Waals surface area contributed by atoms with Crippen LogP contribution < -0.4 is 0 Å². The first kappa shape index (κ1) is 89.1. The zero-order valence-electron chi connectivity index (χ0n) is 59.5. The Bertz CT molecular complexity index is 1800. The fourth-order valence-electron chi connectivity index (χ4n) is 10.8. The Labute approximate surface area is 556 Å². The van der Waals surface area contributed by atoms with Gasteiger partial charge >= 0.3 is 39.5 Å². The van der Waals surface area contributed by atoms with Gasteiger partial charge < -0.3 is 33.8 Å². The quantitative estimate of drug-likeness (QED) is 0.0222. The van der Waals surface area contributed by atoms with Crippen LogP contribution in [0.2, 0.25) is 0 Å². The molecule has 0 heterocycles. The molecule has 0 aliphatic rings. The Balaban J connectivity index is 5.25. The van der Waals surface area contributed by atoms with Gasteiger partial charge in [0, 0.05) is 25.7 Å². The van der Waals surface area contributed by atoms with Crippen LogP contribution in [0.1, 0.15) is 357 Å². The summed E-state index contributed by atoms with van der Waals surface area (Å²) < 4.78 is 68.4. The molecule has 0 spiro atoms. The highest BCUT2D eigenvalue weighted by Gasteiger charge is 2.30. The minimum absolute atomic E-state index is 0.105. The van der Waals surface area contributed by atoms with Crippen molar-refractivity contribution in [2.75, 3.05) is 39.6 Å². The normalized spacial score (nSPS) is 14.2. The van der Waals surface area contributed by atoms with Gasteiger partial charge in [0.05, 0.1) is 26.4 Å². The summed E-state index contributed by atoms with van der Waals surface area (Å²) in [5, 5.41) is 10.6. The molecule has 5 atom stereocenters. The highest BCUT2D eigenvalue weighted by Crippen LogP contribution is 2.45. The van der Waals surface area contributed by atoms with Crippen molar-refractivity contribution in [1.29, 1.82) is 0 Å². The van der Waals surface area contributed by atoms with E-state index in [-0.39, 0.29) is 25.7 Å². The summed E-state index contributed by atoms with van der Waals surface area (Å²) in [4.78, 5) is 72.6. The number of aliphatic hydroxyl groups is 1. The van der Waals surface area contributed by atoms with Gasteiger partial charge in [0.2, 0.25) is 0 Å². The van der Waals surface area contributed by atoms with Gasteiger partial charge in [-0.25, -0.2) is 9.13 Å². The van der Waals surface area contributed by atoms with E-state index in [1.54, 1.807) is 0 Å². The maximum Gasteiger partial charge on any atom is 0.472 e. The molecule has 0 aromatic carbocycles. The van der Waals surface area contributed by atoms with Gasteiger partial charge in [-0.05, 0) is 49.4 Å². The molecule has 540 valence electrons. The fraction of sp³-hybridized carbons (Fsp3) is 0.944. The molecule has 3 unspecified atom stereocenters. The van der Waals surface area contributed by atoms with Gasteiger partial charge in [-0.15, -0.1) is 0 Å². The summed E-state index contributed by atoms with van der Waals surface area (Å²) >= 11 is 0. The van der Waals surface area contributed by atoms with Crippen LogP contribution in [0.3, 0.4) is 0 Å². The largest absolute Gasteiger partial charge is 0.472 e. The average Bonchev–Trinajstić information content (AvgIpc) is 3.55. The summed E-state index contributed by atoms with van der Waals surface area (Å²) in [5.41, 5.74) is 0. The van der Waals surface area contributed by atoms with E-state index in [4.69, 9.17) is 37.0 Å². The van der Waals surface area contributed by atoms with Crippen molar-refractivity contribution in [3.8, 4) is 0 Å². The third kappa shape index (κ3) is 66.5. The van der Waals surface area contributed by atoms with Crippen molar-refractivity contribution in [2.24, 2.45) is 23.7 Å². The number of phosphoric acid groups is 2. The summed E-state index contributed by atoms with van der Waals surface area (Å²) in [7, 11) is -9.91. The SMILES string of the molecule is CC(C)CCCCCCCCCCCCCCCC(=O)O[C@H](COC(=O)CCCCCCCCCC(C)C)COP(=O)(O)OCC(O)COP(=O)(O)OC[C@@H](COC(=O)CCCCCCCCCCCCC(C)C)OC(=O)CCCCCCCCCCCC(C)C. The van der Waals surface area contributed by atoms with Gasteiger partial charge in [-0.3, -0.25) is 37.3 Å². The topological polar surface area (TPSA) is 237 Å². The van der Waals surface area contributed by atoms with Gasteiger partial charge in [-0.1, -0.05) is 306 Å². The van der Waals surface area contributed by atoms with E-state index in [9.17, 15) is 43.2 Å². The molecule has 0 bridgehead atoms. The second-order valence-electron chi connectivity index (χ2n) is 27.9. The van der Waals surface area contributed by atoms with Crippen molar-refractivity contribution in [3.63, 3.8) is 0 Å². The van der Waals surface area contributed by atoms with E-state index < -0.39 is 97.5 Å². The number of carbonyl (C=O) groups excluding carboxylic acids is 4. The molecule has 19 heteroatoms. The molecular weight excluding hydrogens is 1200 g/mol. The fourth-order valence-corrected chi connectivity index (χ4v) is 12.4. The van der Waals surface area contributed by atoms with Crippen molar-refractivity contribution in [2.45, 2.75) is 375 Å². The zero-order valence-corrected chi connectivity index (χ0v) is 61.3. The number of hydrogen-bond donors (Lipinski definition) is 3. The van der Waals surface area contributed by atoms with Gasteiger partial charge in [-0.2, -0.15) is 0 Å². The smallest absolute Gasteiger partial charge is 0.462 e. The maximum absolute atomic E-state index is 13.0. The summed E-state index contributed by atoms with van der Waals surface area (Å²) in [6.45, 7) is 14.1. The van der Waals surface area contributed by atoms with Crippen molar-refractivity contribution < 1.29 is 80.2 Å². The third-order valence-electron chi connectivity index (χ3n) is 16.6. The first-order valence-electron chi connectivity index (χ1n) is 37.2. The predicted octanol–water partition coefficient (Wildman–Crippen LogP) is 20.5. The molecule has 91 heavy (non-hydrogen) atoms. The van der Waals surface area contributed by atoms with E-state index in [2.05, 4.69) is 55.4 Å². The number of hydrogen-bond acceptors (Lipinski definition) is 15. The predicted molar refractivity (Wildman–Crippen MR) is 367 cm³/mol. The molecule has 0 aliphatic heterocycles. The summed E-state index contributed by atoms with van der Waals surface area (Å²) in [6, 6.07) is 0. The lowest BCUT2D eigenvalue weighted by atomic mass is 10.0. The Morgan fingerprint density at radius 1 is 0.275 bits per heavy atom. The molecule has 3 N–H and O–H groups in total. The minimum atomic E-state index is -4.95. The number of unbranched alkanes of at least 4 members (excludes halogenated alkanes) is 35. The van der Waals surface area contributed by atoms with Crippen molar-refractivity contribution in [1.82, 2.24) is 0 Å². The van der Waals surface area contributed by atoms with Crippen LogP contribution in [-0.4, -0.2) is 96.7 Å². The standard InChI is InChI=1S/C72H140O17P2/c1-62(2)48-40-32-24-17-12-10-9-11-13-21-29-38-46-54-71(76)88-68(59-83-70(75)53-45-37-31-23-27-35-43-51-65(7)8)61-87-91(80,81)85-57-66(73)56-84-90(78,79)86-60-67(89-72(77)55-47-39-30-22-16-19-26-34-42-50-64(5)6)58-82-69(74)52-44-36-28-20-15-14-18-25-33-41-49-63(3)4/h62-68,73H,9-61H2,1-8H3,(H,78,79)(H,80,81)/t66?,67-,68-/m1/s1. The minimum Gasteiger partial charge on any atom is -0.462 e. The highest BCUT2D eigenvalue weighted by molar-refractivity contribution is 7.47. The van der Waals surface area contributed by atoms with Gasteiger partial charge in [0.1, 0.15) is 19.3 Å². The van der Waals surface area contributed by atoms with Crippen molar-refractivity contribution >= 4 is 39.5 Å². The first-order chi connectivity index (χ1) is 43.6. The molecule has 17 nitrogen and oxygen atoms in total. The molecule has 0 aromatic rings. The Hall–Kier alpha value is -1.94. The molecule has 0 aromatic heterocycles. The van der Waals surface area contributed by atoms with Crippen LogP contribution in [0.5, 0.6) is 0 Å². The van der Waals surface area contributed by atoms with Crippen LogP contribution in [0.25, 0.3) is 0 Å². The van der Waals surface area contributed by atoms with E-state index in [1.807, 2.05) is 0 Å². The molecule has 0 saturated heterocycles. The van der Waals surface area contributed by atoms with E-state index in [0.29, 0.717) is 31.6 Å². The van der Waals surface area contributed by atoms with Crippen LogP contribution in [0.4, 0.5) is 0 Å². The number of carbonyl (C=O) groups is 4. The second kappa shape index (κ2) is 61.6. The van der Waals surface area contributed by atoms with Crippen LogP contribution in [0, 0.1) is 23.7 Å². The summed E-state index contributed by atoms with van der Waals surface area (Å²) in [6.07, 6.45) is 44.5. The lowest BCUT2D eigenvalue weighted by Crippen LogP contribution is -2.30.